The van der Waals surface area contributed by atoms with Gasteiger partial charge in [-0.3, -0.25) is 4.79 Å². The lowest BCUT2D eigenvalue weighted by Gasteiger charge is -2.28. The molecule has 2 aromatic rings. The van der Waals surface area contributed by atoms with Crippen molar-refractivity contribution in [2.45, 2.75) is 12.3 Å². The predicted octanol–water partition coefficient (Wildman–Crippen LogP) is 2.79. The molecule has 1 unspecified atom stereocenters. The summed E-state index contributed by atoms with van der Waals surface area (Å²) in [4.78, 5) is 12.3. The van der Waals surface area contributed by atoms with E-state index in [4.69, 9.17) is 5.73 Å². The van der Waals surface area contributed by atoms with Gasteiger partial charge in [0.2, 0.25) is 0 Å². The third-order valence-corrected chi connectivity index (χ3v) is 3.37. The van der Waals surface area contributed by atoms with Crippen molar-refractivity contribution in [3.05, 3.63) is 65.2 Å². The molecule has 84 valence electrons. The Morgan fingerprint density at radius 3 is 2.47 bits per heavy atom. The highest BCUT2D eigenvalue weighted by Gasteiger charge is 2.31. The lowest BCUT2D eigenvalue weighted by Crippen LogP contribution is -2.25. The van der Waals surface area contributed by atoms with Gasteiger partial charge in [-0.1, -0.05) is 24.3 Å². The van der Waals surface area contributed by atoms with Gasteiger partial charge in [0.25, 0.3) is 0 Å². The van der Waals surface area contributed by atoms with Crippen molar-refractivity contribution < 1.29 is 4.79 Å². The number of anilines is 1. The van der Waals surface area contributed by atoms with Crippen LogP contribution in [-0.4, -0.2) is 5.78 Å². The zero-order valence-corrected chi connectivity index (χ0v) is 9.39. The Balaban J connectivity index is 1.88. The monoisotopic (exact) mass is 223 g/mol. The summed E-state index contributed by atoms with van der Waals surface area (Å²) in [6, 6.07) is 15.3. The summed E-state index contributed by atoms with van der Waals surface area (Å²) in [6.45, 7) is 0. The molecule has 0 amide bonds. The molecule has 0 saturated carbocycles. The van der Waals surface area contributed by atoms with Gasteiger partial charge in [0.15, 0.2) is 5.78 Å². The molecule has 2 N–H and O–H groups in total. The molecule has 1 atom stereocenters. The van der Waals surface area contributed by atoms with Crippen molar-refractivity contribution in [3.8, 4) is 0 Å². The molecule has 2 heteroatoms. The topological polar surface area (TPSA) is 43.1 Å². The van der Waals surface area contributed by atoms with Crippen molar-refractivity contribution in [3.63, 3.8) is 0 Å². The quantitative estimate of drug-likeness (QED) is 0.628. The standard InChI is InChI=1S/C15H13NO/c16-12-7-5-10(6-8-12)15(17)14-9-11-3-1-2-4-13(11)14/h1-8,14H,9,16H2. The van der Waals surface area contributed by atoms with Crippen molar-refractivity contribution in [2.75, 3.05) is 5.73 Å². The third kappa shape index (κ3) is 1.62. The van der Waals surface area contributed by atoms with Crippen LogP contribution in [0.4, 0.5) is 5.69 Å². The first-order valence-corrected chi connectivity index (χ1v) is 5.73. The third-order valence-electron chi connectivity index (χ3n) is 3.37. The molecule has 0 aliphatic heterocycles. The Morgan fingerprint density at radius 2 is 1.76 bits per heavy atom. The van der Waals surface area contributed by atoms with E-state index >= 15 is 0 Å². The van der Waals surface area contributed by atoms with E-state index in [2.05, 4.69) is 6.07 Å². The SMILES string of the molecule is Nc1ccc(C(=O)C2Cc3ccccc32)cc1. The molecule has 1 aliphatic rings. The molecule has 17 heavy (non-hydrogen) atoms. The zero-order valence-electron chi connectivity index (χ0n) is 9.39. The van der Waals surface area contributed by atoms with Crippen LogP contribution in [0.5, 0.6) is 0 Å². The van der Waals surface area contributed by atoms with E-state index in [0.717, 1.165) is 12.0 Å². The summed E-state index contributed by atoms with van der Waals surface area (Å²) in [5.41, 5.74) is 9.52. The number of nitrogen functional groups attached to an aromatic ring is 1. The second kappa shape index (κ2) is 3.74. The van der Waals surface area contributed by atoms with Crippen molar-refractivity contribution in [1.29, 1.82) is 0 Å². The van der Waals surface area contributed by atoms with Crippen molar-refractivity contribution in [1.82, 2.24) is 0 Å². The average Bonchev–Trinajstić information content (AvgIpc) is 2.31. The summed E-state index contributed by atoms with van der Waals surface area (Å²) in [7, 11) is 0. The van der Waals surface area contributed by atoms with E-state index < -0.39 is 0 Å². The second-order valence-electron chi connectivity index (χ2n) is 4.44. The van der Waals surface area contributed by atoms with Crippen LogP contribution in [0.2, 0.25) is 0 Å². The predicted molar refractivity (Wildman–Crippen MR) is 68.1 cm³/mol. The molecule has 0 bridgehead atoms. The second-order valence-corrected chi connectivity index (χ2v) is 4.44. The van der Waals surface area contributed by atoms with E-state index in [1.807, 2.05) is 18.2 Å². The maximum atomic E-state index is 12.3. The molecule has 3 rings (SSSR count). The molecule has 2 nitrogen and oxygen atoms in total. The number of ketones is 1. The lowest BCUT2D eigenvalue weighted by molar-refractivity contribution is 0.0949. The summed E-state index contributed by atoms with van der Waals surface area (Å²) in [6.07, 6.45) is 0.860. The van der Waals surface area contributed by atoms with Gasteiger partial charge in [-0.2, -0.15) is 0 Å². The van der Waals surface area contributed by atoms with Gasteiger partial charge in [0.1, 0.15) is 0 Å². The van der Waals surface area contributed by atoms with Crippen LogP contribution in [0, 0.1) is 0 Å². The highest BCUT2D eigenvalue weighted by Crippen LogP contribution is 2.37. The lowest BCUT2D eigenvalue weighted by atomic mass is 9.74. The van der Waals surface area contributed by atoms with E-state index in [1.54, 1.807) is 24.3 Å². The number of carbonyl (C=O) groups is 1. The van der Waals surface area contributed by atoms with Crippen LogP contribution < -0.4 is 5.73 Å². The maximum absolute atomic E-state index is 12.3. The maximum Gasteiger partial charge on any atom is 0.170 e. The minimum atomic E-state index is 0.0369. The highest BCUT2D eigenvalue weighted by molar-refractivity contribution is 6.02. The van der Waals surface area contributed by atoms with Gasteiger partial charge in [0.05, 0.1) is 5.92 Å². The Kier molecular flexibility index (Phi) is 2.22. The number of hydrogen-bond donors (Lipinski definition) is 1. The minimum absolute atomic E-state index is 0.0369. The molecule has 1 aliphatic carbocycles. The number of fused-ring (bicyclic) bond motifs is 1. The molecule has 2 aromatic carbocycles. The van der Waals surface area contributed by atoms with Crippen molar-refractivity contribution in [2.24, 2.45) is 0 Å². The number of benzene rings is 2. The fraction of sp³-hybridized carbons (Fsp3) is 0.133. The molecule has 0 aromatic heterocycles. The molecule has 0 fully saturated rings. The molecule has 0 spiro atoms. The van der Waals surface area contributed by atoms with Gasteiger partial charge in [-0.25, -0.2) is 0 Å². The summed E-state index contributed by atoms with van der Waals surface area (Å²) >= 11 is 0. The average molecular weight is 223 g/mol. The summed E-state index contributed by atoms with van der Waals surface area (Å²) in [5.74, 6) is 0.235. The van der Waals surface area contributed by atoms with Crippen LogP contribution in [0.25, 0.3) is 0 Å². The van der Waals surface area contributed by atoms with Crippen LogP contribution in [-0.2, 0) is 6.42 Å². The number of hydrogen-bond acceptors (Lipinski definition) is 2. The van der Waals surface area contributed by atoms with E-state index in [-0.39, 0.29) is 11.7 Å². The Labute approximate surface area is 100 Å². The van der Waals surface area contributed by atoms with E-state index in [1.165, 1.54) is 11.1 Å². The molecule has 0 saturated heterocycles. The van der Waals surface area contributed by atoms with E-state index in [9.17, 15) is 4.79 Å². The first-order valence-electron chi connectivity index (χ1n) is 5.73. The minimum Gasteiger partial charge on any atom is -0.399 e. The summed E-state index contributed by atoms with van der Waals surface area (Å²) in [5, 5.41) is 0. The first kappa shape index (κ1) is 10.1. The van der Waals surface area contributed by atoms with Gasteiger partial charge < -0.3 is 5.73 Å². The Hall–Kier alpha value is -2.09. The molecule has 0 heterocycles. The molecular formula is C15H13NO. The molecular weight excluding hydrogens is 210 g/mol. The largest absolute Gasteiger partial charge is 0.399 e. The zero-order chi connectivity index (χ0) is 11.8. The smallest absolute Gasteiger partial charge is 0.170 e. The highest BCUT2D eigenvalue weighted by atomic mass is 16.1. The van der Waals surface area contributed by atoms with Gasteiger partial charge in [0, 0.05) is 11.3 Å². The Morgan fingerprint density at radius 1 is 1.06 bits per heavy atom. The normalized spacial score (nSPS) is 17.1. The van der Waals surface area contributed by atoms with E-state index in [0.29, 0.717) is 5.69 Å². The van der Waals surface area contributed by atoms with Gasteiger partial charge in [-0.15, -0.1) is 0 Å². The first-order chi connectivity index (χ1) is 8.25. The number of Topliss-reactive ketones (excluding diaryl/α,β-unsaturated/α-hetero) is 1. The van der Waals surface area contributed by atoms with Crippen LogP contribution in [0.3, 0.4) is 0 Å². The fourth-order valence-electron chi connectivity index (χ4n) is 2.34. The summed E-state index contributed by atoms with van der Waals surface area (Å²) < 4.78 is 0. The molecule has 0 radical (unpaired) electrons. The van der Waals surface area contributed by atoms with Gasteiger partial charge >= 0.3 is 0 Å². The van der Waals surface area contributed by atoms with Crippen LogP contribution in [0.15, 0.2) is 48.5 Å². The Bertz CT molecular complexity index is 572. The van der Waals surface area contributed by atoms with Gasteiger partial charge in [-0.05, 0) is 41.8 Å². The fourth-order valence-corrected chi connectivity index (χ4v) is 2.34. The number of rotatable bonds is 2. The van der Waals surface area contributed by atoms with Crippen LogP contribution in [0.1, 0.15) is 27.4 Å². The number of carbonyl (C=O) groups excluding carboxylic acids is 1. The number of nitrogens with two attached hydrogens (primary N) is 1. The van der Waals surface area contributed by atoms with Crippen molar-refractivity contribution >= 4 is 11.5 Å². The van der Waals surface area contributed by atoms with Crippen LogP contribution >= 0.6 is 0 Å².